The maximum atomic E-state index is 11.8. The number of aliphatic hydroxyl groups is 1. The molecule has 3 heteroatoms. The fourth-order valence-electron chi connectivity index (χ4n) is 1.84. The molecule has 0 saturated carbocycles. The van der Waals surface area contributed by atoms with Crippen LogP contribution in [0.2, 0.25) is 0 Å². The molecule has 0 amide bonds. The van der Waals surface area contributed by atoms with Crippen molar-refractivity contribution in [2.45, 2.75) is 13.3 Å². The second-order valence-corrected chi connectivity index (χ2v) is 3.80. The molecule has 0 heterocycles. The van der Waals surface area contributed by atoms with Gasteiger partial charge in [0.1, 0.15) is 5.76 Å². The van der Waals surface area contributed by atoms with E-state index >= 15 is 0 Å². The first kappa shape index (κ1) is 11.3. The highest BCUT2D eigenvalue weighted by molar-refractivity contribution is 6.52. The Kier molecular flexibility index (Phi) is 2.91. The highest BCUT2D eigenvalue weighted by Crippen LogP contribution is 2.29. The summed E-state index contributed by atoms with van der Waals surface area (Å²) in [5.74, 6) is -1.24. The van der Waals surface area contributed by atoms with Gasteiger partial charge in [0.05, 0.1) is 0 Å². The van der Waals surface area contributed by atoms with E-state index in [1.54, 1.807) is 36.4 Å². The van der Waals surface area contributed by atoms with Crippen molar-refractivity contribution >= 4 is 17.3 Å². The number of Topliss-reactive ketones (excluding diaryl/α,β-unsaturated/α-hetero) is 2. The summed E-state index contributed by atoms with van der Waals surface area (Å²) in [7, 11) is 0. The van der Waals surface area contributed by atoms with Gasteiger partial charge < -0.3 is 5.11 Å². The molecule has 17 heavy (non-hydrogen) atoms. The molecule has 0 fully saturated rings. The standard InChI is InChI=1S/C14H12O3/c1-2-3-6-11-12(15)9-7-4-5-8-10(9)13(16)14(11)17/h2-5,7-8,15H,6H2,1H3/b3-2+. The highest BCUT2D eigenvalue weighted by Gasteiger charge is 2.31. The fraction of sp³-hybridized carbons (Fsp3) is 0.143. The van der Waals surface area contributed by atoms with E-state index in [0.29, 0.717) is 5.56 Å². The number of carbonyl (C=O) groups is 2. The summed E-state index contributed by atoms with van der Waals surface area (Å²) < 4.78 is 0. The monoisotopic (exact) mass is 228 g/mol. The van der Waals surface area contributed by atoms with Crippen LogP contribution in [0.5, 0.6) is 0 Å². The first-order chi connectivity index (χ1) is 8.16. The quantitative estimate of drug-likeness (QED) is 0.625. The van der Waals surface area contributed by atoms with Crippen LogP contribution in [0.3, 0.4) is 0 Å². The lowest BCUT2D eigenvalue weighted by Gasteiger charge is -2.16. The van der Waals surface area contributed by atoms with E-state index in [0.717, 1.165) is 0 Å². The van der Waals surface area contributed by atoms with E-state index in [1.165, 1.54) is 0 Å². The van der Waals surface area contributed by atoms with Crippen molar-refractivity contribution in [1.82, 2.24) is 0 Å². The van der Waals surface area contributed by atoms with Gasteiger partial charge in [-0.15, -0.1) is 0 Å². The van der Waals surface area contributed by atoms with Crippen LogP contribution < -0.4 is 0 Å². The molecule has 1 aliphatic carbocycles. The first-order valence-corrected chi connectivity index (χ1v) is 5.38. The van der Waals surface area contributed by atoms with E-state index in [4.69, 9.17) is 0 Å². The maximum Gasteiger partial charge on any atom is 0.234 e. The Morgan fingerprint density at radius 2 is 1.76 bits per heavy atom. The van der Waals surface area contributed by atoms with Gasteiger partial charge in [-0.1, -0.05) is 36.4 Å². The minimum atomic E-state index is -0.612. The summed E-state index contributed by atoms with van der Waals surface area (Å²) >= 11 is 0. The lowest BCUT2D eigenvalue weighted by Crippen LogP contribution is -2.23. The maximum absolute atomic E-state index is 11.8. The molecule has 0 aliphatic heterocycles. The van der Waals surface area contributed by atoms with Crippen LogP contribution in [-0.2, 0) is 4.79 Å². The Morgan fingerprint density at radius 1 is 1.12 bits per heavy atom. The van der Waals surface area contributed by atoms with Gasteiger partial charge in [-0.2, -0.15) is 0 Å². The summed E-state index contributed by atoms with van der Waals surface area (Å²) in [6, 6.07) is 6.60. The number of hydrogen-bond donors (Lipinski definition) is 1. The highest BCUT2D eigenvalue weighted by atomic mass is 16.3. The van der Waals surface area contributed by atoms with Gasteiger partial charge in [0.2, 0.25) is 11.6 Å². The van der Waals surface area contributed by atoms with Crippen LogP contribution in [0.25, 0.3) is 5.76 Å². The van der Waals surface area contributed by atoms with Crippen LogP contribution in [0, 0.1) is 0 Å². The Balaban J connectivity index is 2.59. The SMILES string of the molecule is C/C=C/CC1=C(O)c2ccccc2C(=O)C1=O. The Bertz CT molecular complexity index is 550. The number of carbonyl (C=O) groups excluding carboxylic acids is 2. The summed E-state index contributed by atoms with van der Waals surface area (Å²) in [6.07, 6.45) is 3.80. The van der Waals surface area contributed by atoms with Crippen molar-refractivity contribution in [3.8, 4) is 0 Å². The minimum absolute atomic E-state index is 0.0803. The fourth-order valence-corrected chi connectivity index (χ4v) is 1.84. The lowest BCUT2D eigenvalue weighted by atomic mass is 9.87. The van der Waals surface area contributed by atoms with Gasteiger partial charge in [-0.05, 0) is 13.3 Å². The van der Waals surface area contributed by atoms with Crippen LogP contribution in [0.4, 0.5) is 0 Å². The number of rotatable bonds is 2. The summed E-state index contributed by atoms with van der Waals surface area (Å²) in [5, 5.41) is 10.0. The van der Waals surface area contributed by atoms with Gasteiger partial charge >= 0.3 is 0 Å². The third-order valence-electron chi connectivity index (χ3n) is 2.75. The van der Waals surface area contributed by atoms with Crippen molar-refractivity contribution in [2.24, 2.45) is 0 Å². The van der Waals surface area contributed by atoms with Crippen LogP contribution in [0.1, 0.15) is 29.3 Å². The van der Waals surface area contributed by atoms with E-state index in [2.05, 4.69) is 0 Å². The molecule has 1 N–H and O–H groups in total. The molecule has 0 aromatic heterocycles. The van der Waals surface area contributed by atoms with E-state index in [9.17, 15) is 14.7 Å². The number of fused-ring (bicyclic) bond motifs is 1. The first-order valence-electron chi connectivity index (χ1n) is 5.38. The smallest absolute Gasteiger partial charge is 0.234 e. The van der Waals surface area contributed by atoms with E-state index in [-0.39, 0.29) is 23.3 Å². The Morgan fingerprint density at radius 3 is 2.41 bits per heavy atom. The average Bonchev–Trinajstić information content (AvgIpc) is 2.36. The van der Waals surface area contributed by atoms with Crippen LogP contribution in [-0.4, -0.2) is 16.7 Å². The minimum Gasteiger partial charge on any atom is -0.507 e. The molecule has 1 aromatic rings. The summed E-state index contributed by atoms with van der Waals surface area (Å²) in [4.78, 5) is 23.6. The predicted molar refractivity (Wildman–Crippen MR) is 64.8 cm³/mol. The zero-order valence-electron chi connectivity index (χ0n) is 9.43. The topological polar surface area (TPSA) is 54.4 Å². The van der Waals surface area contributed by atoms with Gasteiger partial charge in [0, 0.05) is 16.7 Å². The number of aliphatic hydroxyl groups excluding tert-OH is 1. The molecule has 0 atom stereocenters. The molecule has 0 radical (unpaired) electrons. The number of allylic oxidation sites excluding steroid dienone is 3. The van der Waals surface area contributed by atoms with Crippen molar-refractivity contribution < 1.29 is 14.7 Å². The zero-order valence-corrected chi connectivity index (χ0v) is 9.43. The van der Waals surface area contributed by atoms with Crippen molar-refractivity contribution in [1.29, 1.82) is 0 Å². The second-order valence-electron chi connectivity index (χ2n) is 3.80. The largest absolute Gasteiger partial charge is 0.507 e. The van der Waals surface area contributed by atoms with Crippen molar-refractivity contribution in [3.63, 3.8) is 0 Å². The van der Waals surface area contributed by atoms with E-state index < -0.39 is 11.6 Å². The molecule has 0 unspecified atom stereocenters. The molecule has 1 aromatic carbocycles. The molecule has 3 nitrogen and oxygen atoms in total. The van der Waals surface area contributed by atoms with Gasteiger partial charge in [0.15, 0.2) is 0 Å². The lowest BCUT2D eigenvalue weighted by molar-refractivity contribution is -0.112. The predicted octanol–water partition coefficient (Wildman–Crippen LogP) is 2.69. The molecule has 86 valence electrons. The average molecular weight is 228 g/mol. The third kappa shape index (κ3) is 1.80. The number of hydrogen-bond acceptors (Lipinski definition) is 3. The van der Waals surface area contributed by atoms with Crippen molar-refractivity contribution in [2.75, 3.05) is 0 Å². The number of benzene rings is 1. The molecular weight excluding hydrogens is 216 g/mol. The summed E-state index contributed by atoms with van der Waals surface area (Å²) in [6.45, 7) is 1.82. The second kappa shape index (κ2) is 4.37. The molecule has 1 aliphatic rings. The molecule has 0 saturated heterocycles. The Labute approximate surface area is 99.1 Å². The van der Waals surface area contributed by atoms with Gasteiger partial charge in [-0.3, -0.25) is 9.59 Å². The van der Waals surface area contributed by atoms with E-state index in [1.807, 2.05) is 6.92 Å². The number of ketones is 2. The van der Waals surface area contributed by atoms with Crippen LogP contribution in [0.15, 0.2) is 42.0 Å². The normalized spacial score (nSPS) is 15.6. The van der Waals surface area contributed by atoms with Crippen LogP contribution >= 0.6 is 0 Å². The van der Waals surface area contributed by atoms with Crippen molar-refractivity contribution in [3.05, 3.63) is 53.1 Å². The summed E-state index contributed by atoms with van der Waals surface area (Å²) in [5.41, 5.74) is 0.891. The molecule has 0 spiro atoms. The third-order valence-corrected chi connectivity index (χ3v) is 2.75. The van der Waals surface area contributed by atoms with Gasteiger partial charge in [-0.25, -0.2) is 0 Å². The molecule has 2 rings (SSSR count). The Hall–Kier alpha value is -2.16. The molecule has 0 bridgehead atoms. The zero-order chi connectivity index (χ0) is 12.4. The molecular formula is C14H12O3. The van der Waals surface area contributed by atoms with Gasteiger partial charge in [0.25, 0.3) is 0 Å².